The van der Waals surface area contributed by atoms with E-state index in [4.69, 9.17) is 0 Å². The van der Waals surface area contributed by atoms with Gasteiger partial charge < -0.3 is 4.90 Å². The predicted molar refractivity (Wildman–Crippen MR) is 50.5 cm³/mol. The van der Waals surface area contributed by atoms with E-state index in [1.807, 2.05) is 13.0 Å². The molecule has 68 valence electrons. The third-order valence-electron chi connectivity index (χ3n) is 2.53. The van der Waals surface area contributed by atoms with Gasteiger partial charge in [0.15, 0.2) is 0 Å². The lowest BCUT2D eigenvalue weighted by Gasteiger charge is -2.29. The molecule has 0 saturated heterocycles. The van der Waals surface area contributed by atoms with E-state index in [0.29, 0.717) is 0 Å². The van der Waals surface area contributed by atoms with Crippen LogP contribution in [0.25, 0.3) is 0 Å². The highest BCUT2D eigenvalue weighted by molar-refractivity contribution is 5.97. The summed E-state index contributed by atoms with van der Waals surface area (Å²) in [7, 11) is 1.80. The van der Waals surface area contributed by atoms with E-state index in [1.165, 1.54) is 5.56 Å². The second kappa shape index (κ2) is 2.83. The minimum absolute atomic E-state index is 0.0971. The number of nitrogens with zero attached hydrogens (tertiary/aromatic N) is 2. The van der Waals surface area contributed by atoms with Crippen LogP contribution in [0, 0.1) is 5.92 Å². The molecule has 0 fully saturated rings. The quantitative estimate of drug-likeness (QED) is 0.595. The van der Waals surface area contributed by atoms with Gasteiger partial charge in [-0.3, -0.25) is 9.78 Å². The van der Waals surface area contributed by atoms with Gasteiger partial charge in [0.05, 0.1) is 11.9 Å². The SMILES string of the molecule is CC1Cc2ccncc2N(C)C1=O. The number of fused-ring (bicyclic) bond motifs is 1. The van der Waals surface area contributed by atoms with E-state index < -0.39 is 0 Å². The molecular formula is C10H12N2O. The summed E-state index contributed by atoms with van der Waals surface area (Å²) in [5, 5.41) is 0. The number of carbonyl (C=O) groups is 1. The van der Waals surface area contributed by atoms with Crippen LogP contribution in [-0.2, 0) is 11.2 Å². The van der Waals surface area contributed by atoms with E-state index in [-0.39, 0.29) is 11.8 Å². The fourth-order valence-electron chi connectivity index (χ4n) is 1.76. The van der Waals surface area contributed by atoms with Gasteiger partial charge in [-0.05, 0) is 18.1 Å². The topological polar surface area (TPSA) is 33.2 Å². The number of anilines is 1. The Hall–Kier alpha value is -1.38. The van der Waals surface area contributed by atoms with Crippen molar-refractivity contribution in [3.8, 4) is 0 Å². The van der Waals surface area contributed by atoms with Crippen molar-refractivity contribution >= 4 is 11.6 Å². The summed E-state index contributed by atoms with van der Waals surface area (Å²) in [6.45, 7) is 1.96. The lowest BCUT2D eigenvalue weighted by molar-refractivity contribution is -0.121. The average Bonchev–Trinajstić information content (AvgIpc) is 2.15. The van der Waals surface area contributed by atoms with Crippen LogP contribution in [0.5, 0.6) is 0 Å². The van der Waals surface area contributed by atoms with Crippen molar-refractivity contribution in [3.63, 3.8) is 0 Å². The van der Waals surface area contributed by atoms with Crippen molar-refractivity contribution in [1.29, 1.82) is 0 Å². The molecule has 1 aliphatic heterocycles. The average molecular weight is 176 g/mol. The molecule has 2 heterocycles. The van der Waals surface area contributed by atoms with Crippen LogP contribution in [0.1, 0.15) is 12.5 Å². The zero-order valence-electron chi connectivity index (χ0n) is 7.82. The van der Waals surface area contributed by atoms with Gasteiger partial charge in [0.1, 0.15) is 0 Å². The second-order valence-electron chi connectivity index (χ2n) is 3.51. The highest BCUT2D eigenvalue weighted by Gasteiger charge is 2.26. The Labute approximate surface area is 77.4 Å². The molecule has 0 N–H and O–H groups in total. The fourth-order valence-corrected chi connectivity index (χ4v) is 1.76. The van der Waals surface area contributed by atoms with Crippen LogP contribution in [0.4, 0.5) is 5.69 Å². The number of carbonyl (C=O) groups excluding carboxylic acids is 1. The maximum absolute atomic E-state index is 11.6. The summed E-state index contributed by atoms with van der Waals surface area (Å²) in [5.74, 6) is 0.278. The van der Waals surface area contributed by atoms with Crippen LogP contribution in [0.15, 0.2) is 18.5 Å². The molecule has 1 unspecified atom stereocenters. The molecule has 1 aliphatic rings. The van der Waals surface area contributed by atoms with Crippen molar-refractivity contribution in [1.82, 2.24) is 4.98 Å². The first-order chi connectivity index (χ1) is 6.20. The van der Waals surface area contributed by atoms with Crippen LogP contribution in [0.3, 0.4) is 0 Å². The normalized spacial score (nSPS) is 21.5. The summed E-state index contributed by atoms with van der Waals surface area (Å²) in [6, 6.07) is 1.98. The van der Waals surface area contributed by atoms with Crippen molar-refractivity contribution in [2.24, 2.45) is 5.92 Å². The van der Waals surface area contributed by atoms with Crippen LogP contribution in [0.2, 0.25) is 0 Å². The Morgan fingerprint density at radius 3 is 3.15 bits per heavy atom. The molecule has 13 heavy (non-hydrogen) atoms. The summed E-state index contributed by atoms with van der Waals surface area (Å²) in [4.78, 5) is 17.3. The number of aromatic nitrogens is 1. The molecule has 1 amide bonds. The maximum atomic E-state index is 11.6. The molecule has 0 aromatic carbocycles. The number of hydrogen-bond donors (Lipinski definition) is 0. The molecule has 1 atom stereocenters. The van der Waals surface area contributed by atoms with Crippen LogP contribution in [-0.4, -0.2) is 17.9 Å². The minimum atomic E-state index is 0.0971. The standard InChI is InChI=1S/C10H12N2O/c1-7-5-8-3-4-11-6-9(8)12(2)10(7)13/h3-4,6-7H,5H2,1-2H3. The van der Waals surface area contributed by atoms with Gasteiger partial charge in [-0.1, -0.05) is 6.92 Å². The summed E-state index contributed by atoms with van der Waals surface area (Å²) >= 11 is 0. The van der Waals surface area contributed by atoms with Gasteiger partial charge in [-0.2, -0.15) is 0 Å². The van der Waals surface area contributed by atoms with Gasteiger partial charge in [0.25, 0.3) is 0 Å². The monoisotopic (exact) mass is 176 g/mol. The molecule has 0 saturated carbocycles. The maximum Gasteiger partial charge on any atom is 0.229 e. The second-order valence-corrected chi connectivity index (χ2v) is 3.51. The van der Waals surface area contributed by atoms with E-state index in [9.17, 15) is 4.79 Å². The van der Waals surface area contributed by atoms with Crippen molar-refractivity contribution in [2.75, 3.05) is 11.9 Å². The first-order valence-electron chi connectivity index (χ1n) is 4.40. The molecule has 2 rings (SSSR count). The Balaban J connectivity index is 2.49. The van der Waals surface area contributed by atoms with Gasteiger partial charge in [-0.15, -0.1) is 0 Å². The Bertz CT molecular complexity index is 349. The van der Waals surface area contributed by atoms with E-state index in [1.54, 1.807) is 24.3 Å². The van der Waals surface area contributed by atoms with Crippen LogP contribution >= 0.6 is 0 Å². The van der Waals surface area contributed by atoms with Crippen molar-refractivity contribution in [2.45, 2.75) is 13.3 Å². The van der Waals surface area contributed by atoms with E-state index in [2.05, 4.69) is 4.98 Å². The summed E-state index contributed by atoms with van der Waals surface area (Å²) in [5.41, 5.74) is 2.16. The highest BCUT2D eigenvalue weighted by Crippen LogP contribution is 2.27. The van der Waals surface area contributed by atoms with Crippen LogP contribution < -0.4 is 4.90 Å². The lowest BCUT2D eigenvalue weighted by Crippen LogP contribution is -2.37. The lowest BCUT2D eigenvalue weighted by atomic mass is 9.95. The summed E-state index contributed by atoms with van der Waals surface area (Å²) in [6.07, 6.45) is 4.36. The first-order valence-corrected chi connectivity index (χ1v) is 4.40. The number of pyridine rings is 1. The molecule has 1 aromatic rings. The summed E-state index contributed by atoms with van der Waals surface area (Å²) < 4.78 is 0. The molecule has 3 heteroatoms. The Morgan fingerprint density at radius 2 is 2.38 bits per heavy atom. The zero-order valence-corrected chi connectivity index (χ0v) is 7.82. The predicted octanol–water partition coefficient (Wildman–Crippen LogP) is 1.24. The minimum Gasteiger partial charge on any atom is -0.313 e. The number of amides is 1. The van der Waals surface area contributed by atoms with Gasteiger partial charge in [0, 0.05) is 19.2 Å². The molecule has 3 nitrogen and oxygen atoms in total. The Morgan fingerprint density at radius 1 is 1.62 bits per heavy atom. The fraction of sp³-hybridized carbons (Fsp3) is 0.400. The zero-order chi connectivity index (χ0) is 9.42. The molecule has 1 aromatic heterocycles. The molecular weight excluding hydrogens is 164 g/mol. The largest absolute Gasteiger partial charge is 0.313 e. The number of hydrogen-bond acceptors (Lipinski definition) is 2. The molecule has 0 spiro atoms. The third kappa shape index (κ3) is 1.20. The molecule has 0 bridgehead atoms. The molecule has 0 radical (unpaired) electrons. The molecule has 0 aliphatic carbocycles. The Kier molecular flexibility index (Phi) is 1.79. The van der Waals surface area contributed by atoms with Gasteiger partial charge in [-0.25, -0.2) is 0 Å². The van der Waals surface area contributed by atoms with Crippen molar-refractivity contribution in [3.05, 3.63) is 24.0 Å². The smallest absolute Gasteiger partial charge is 0.229 e. The first kappa shape index (κ1) is 8.23. The highest BCUT2D eigenvalue weighted by atomic mass is 16.2. The third-order valence-corrected chi connectivity index (χ3v) is 2.53. The van der Waals surface area contributed by atoms with Crippen molar-refractivity contribution < 1.29 is 4.79 Å². The van der Waals surface area contributed by atoms with Gasteiger partial charge in [0.2, 0.25) is 5.91 Å². The number of rotatable bonds is 0. The van der Waals surface area contributed by atoms with E-state index in [0.717, 1.165) is 12.1 Å². The van der Waals surface area contributed by atoms with E-state index >= 15 is 0 Å². The van der Waals surface area contributed by atoms with Gasteiger partial charge >= 0.3 is 0 Å².